The molecule has 24 heavy (non-hydrogen) atoms. The van der Waals surface area contributed by atoms with E-state index in [4.69, 9.17) is 14.2 Å². The minimum Gasteiger partial charge on any atom is -0.492 e. The second-order valence-corrected chi connectivity index (χ2v) is 5.40. The number of ether oxygens (including phenoxy) is 3. The van der Waals surface area contributed by atoms with Crippen LogP contribution in [0.1, 0.15) is 16.8 Å². The van der Waals surface area contributed by atoms with Gasteiger partial charge in [-0.1, -0.05) is 18.2 Å². The van der Waals surface area contributed by atoms with Crippen molar-refractivity contribution >= 4 is 5.91 Å². The summed E-state index contributed by atoms with van der Waals surface area (Å²) in [7, 11) is 0. The molecule has 0 spiro atoms. The van der Waals surface area contributed by atoms with Crippen LogP contribution < -0.4 is 14.8 Å². The van der Waals surface area contributed by atoms with Gasteiger partial charge in [-0.3, -0.25) is 4.79 Å². The Labute approximate surface area is 140 Å². The van der Waals surface area contributed by atoms with E-state index in [1.165, 1.54) is 0 Å². The number of hydrogen-bond donors (Lipinski definition) is 1. The van der Waals surface area contributed by atoms with Crippen LogP contribution in [0.15, 0.2) is 48.7 Å². The van der Waals surface area contributed by atoms with E-state index in [1.54, 1.807) is 18.3 Å². The molecule has 126 valence electrons. The SMILES string of the molecule is O=C(NCCOc1ccccc1)c1ccnc(OC2CCOC2)c1. The van der Waals surface area contributed by atoms with Gasteiger partial charge in [-0.2, -0.15) is 0 Å². The van der Waals surface area contributed by atoms with Crippen molar-refractivity contribution in [1.29, 1.82) is 0 Å². The number of pyridine rings is 1. The molecule has 1 fully saturated rings. The maximum Gasteiger partial charge on any atom is 0.251 e. The van der Waals surface area contributed by atoms with Crippen molar-refractivity contribution in [2.75, 3.05) is 26.4 Å². The van der Waals surface area contributed by atoms with Crippen LogP contribution in [0.5, 0.6) is 11.6 Å². The van der Waals surface area contributed by atoms with Gasteiger partial charge in [-0.05, 0) is 18.2 Å². The summed E-state index contributed by atoms with van der Waals surface area (Å²) < 4.78 is 16.5. The quantitative estimate of drug-likeness (QED) is 0.788. The minimum atomic E-state index is -0.179. The predicted molar refractivity (Wildman–Crippen MR) is 88.4 cm³/mol. The van der Waals surface area contributed by atoms with Crippen molar-refractivity contribution in [3.05, 3.63) is 54.2 Å². The van der Waals surface area contributed by atoms with Crippen LogP contribution in [0.3, 0.4) is 0 Å². The molecule has 0 bridgehead atoms. The number of aromatic nitrogens is 1. The highest BCUT2D eigenvalue weighted by molar-refractivity contribution is 5.94. The standard InChI is InChI=1S/C18H20N2O4/c21-18(20-9-11-23-15-4-2-1-3-5-15)14-6-8-19-17(12-14)24-16-7-10-22-13-16/h1-6,8,12,16H,7,9-11,13H2,(H,20,21). The lowest BCUT2D eigenvalue weighted by atomic mass is 10.2. The van der Waals surface area contributed by atoms with E-state index in [9.17, 15) is 4.79 Å². The van der Waals surface area contributed by atoms with Crippen LogP contribution in [0, 0.1) is 0 Å². The summed E-state index contributed by atoms with van der Waals surface area (Å²) in [6.07, 6.45) is 2.42. The molecule has 0 aliphatic carbocycles. The van der Waals surface area contributed by atoms with E-state index in [-0.39, 0.29) is 12.0 Å². The molecule has 0 saturated carbocycles. The molecule has 2 heterocycles. The second kappa shape index (κ2) is 8.31. The molecule has 1 amide bonds. The van der Waals surface area contributed by atoms with Gasteiger partial charge in [0.05, 0.1) is 19.8 Å². The number of para-hydroxylation sites is 1. The Balaban J connectivity index is 1.46. The first-order valence-electron chi connectivity index (χ1n) is 7.98. The van der Waals surface area contributed by atoms with Gasteiger partial charge in [0.2, 0.25) is 5.88 Å². The van der Waals surface area contributed by atoms with E-state index in [0.29, 0.717) is 37.8 Å². The Bertz CT molecular complexity index is 657. The summed E-state index contributed by atoms with van der Waals surface area (Å²) in [4.78, 5) is 16.3. The number of amides is 1. The number of carbonyl (C=O) groups excluding carboxylic acids is 1. The molecule has 1 atom stereocenters. The highest BCUT2D eigenvalue weighted by Gasteiger charge is 2.18. The van der Waals surface area contributed by atoms with Gasteiger partial charge in [0.1, 0.15) is 18.5 Å². The van der Waals surface area contributed by atoms with Gasteiger partial charge in [-0.15, -0.1) is 0 Å². The van der Waals surface area contributed by atoms with Gasteiger partial charge in [0.15, 0.2) is 0 Å². The van der Waals surface area contributed by atoms with Crippen molar-refractivity contribution in [3.8, 4) is 11.6 Å². The van der Waals surface area contributed by atoms with Crippen molar-refractivity contribution < 1.29 is 19.0 Å². The third kappa shape index (κ3) is 4.70. The predicted octanol–water partition coefficient (Wildman–Crippen LogP) is 2.06. The third-order valence-electron chi connectivity index (χ3n) is 3.57. The Morgan fingerprint density at radius 1 is 1.29 bits per heavy atom. The van der Waals surface area contributed by atoms with E-state index in [1.807, 2.05) is 30.3 Å². The largest absolute Gasteiger partial charge is 0.492 e. The molecule has 1 aliphatic heterocycles. The van der Waals surface area contributed by atoms with Crippen LogP contribution in [-0.4, -0.2) is 43.4 Å². The van der Waals surface area contributed by atoms with Gasteiger partial charge >= 0.3 is 0 Å². The van der Waals surface area contributed by atoms with Crippen molar-refractivity contribution in [3.63, 3.8) is 0 Å². The van der Waals surface area contributed by atoms with Crippen molar-refractivity contribution in [1.82, 2.24) is 10.3 Å². The molecular formula is C18H20N2O4. The third-order valence-corrected chi connectivity index (χ3v) is 3.57. The number of carbonyl (C=O) groups is 1. The second-order valence-electron chi connectivity index (χ2n) is 5.40. The zero-order valence-corrected chi connectivity index (χ0v) is 13.3. The van der Waals surface area contributed by atoms with E-state index in [0.717, 1.165) is 12.2 Å². The Morgan fingerprint density at radius 3 is 2.96 bits per heavy atom. The molecule has 0 radical (unpaired) electrons. The molecular weight excluding hydrogens is 308 g/mol. The summed E-state index contributed by atoms with van der Waals surface area (Å²) in [5.41, 5.74) is 0.513. The molecule has 1 N–H and O–H groups in total. The number of hydrogen-bond acceptors (Lipinski definition) is 5. The van der Waals surface area contributed by atoms with Crippen molar-refractivity contribution in [2.24, 2.45) is 0 Å². The first-order chi connectivity index (χ1) is 11.8. The first kappa shape index (κ1) is 16.3. The number of rotatable bonds is 7. The van der Waals surface area contributed by atoms with Gasteiger partial charge in [0.25, 0.3) is 5.91 Å². The first-order valence-corrected chi connectivity index (χ1v) is 7.98. The summed E-state index contributed by atoms with van der Waals surface area (Å²) in [6.45, 7) is 2.09. The van der Waals surface area contributed by atoms with Crippen LogP contribution in [0.2, 0.25) is 0 Å². The average Bonchev–Trinajstić information content (AvgIpc) is 3.13. The molecule has 6 heteroatoms. The van der Waals surface area contributed by atoms with Crippen LogP contribution in [0.25, 0.3) is 0 Å². The fraction of sp³-hybridized carbons (Fsp3) is 0.333. The minimum absolute atomic E-state index is 0.00934. The van der Waals surface area contributed by atoms with E-state index >= 15 is 0 Å². The fourth-order valence-electron chi connectivity index (χ4n) is 2.34. The number of nitrogens with one attached hydrogen (secondary N) is 1. The molecule has 2 aromatic rings. The zero-order chi connectivity index (χ0) is 16.6. The van der Waals surface area contributed by atoms with Gasteiger partial charge < -0.3 is 19.5 Å². The maximum atomic E-state index is 12.2. The normalized spacial score (nSPS) is 16.6. The topological polar surface area (TPSA) is 69.7 Å². The molecule has 1 aliphatic rings. The molecule has 1 aromatic heterocycles. The monoisotopic (exact) mass is 328 g/mol. The lowest BCUT2D eigenvalue weighted by Gasteiger charge is -2.12. The maximum absolute atomic E-state index is 12.2. The Kier molecular flexibility index (Phi) is 5.63. The van der Waals surface area contributed by atoms with Crippen LogP contribution in [-0.2, 0) is 4.74 Å². The molecule has 6 nitrogen and oxygen atoms in total. The number of benzene rings is 1. The van der Waals surface area contributed by atoms with Crippen LogP contribution in [0.4, 0.5) is 0 Å². The summed E-state index contributed by atoms with van der Waals surface area (Å²) in [5.74, 6) is 1.05. The van der Waals surface area contributed by atoms with Crippen LogP contribution >= 0.6 is 0 Å². The highest BCUT2D eigenvalue weighted by Crippen LogP contribution is 2.15. The molecule has 1 unspecified atom stereocenters. The van der Waals surface area contributed by atoms with E-state index in [2.05, 4.69) is 10.3 Å². The smallest absolute Gasteiger partial charge is 0.251 e. The lowest BCUT2D eigenvalue weighted by Crippen LogP contribution is -2.28. The van der Waals surface area contributed by atoms with Gasteiger partial charge in [0, 0.05) is 24.2 Å². The summed E-state index contributed by atoms with van der Waals surface area (Å²) in [6, 6.07) is 12.8. The van der Waals surface area contributed by atoms with Crippen molar-refractivity contribution in [2.45, 2.75) is 12.5 Å². The highest BCUT2D eigenvalue weighted by atomic mass is 16.5. The van der Waals surface area contributed by atoms with E-state index < -0.39 is 0 Å². The molecule has 1 aromatic carbocycles. The fourth-order valence-corrected chi connectivity index (χ4v) is 2.34. The lowest BCUT2D eigenvalue weighted by molar-refractivity contribution is 0.0945. The summed E-state index contributed by atoms with van der Waals surface area (Å²) >= 11 is 0. The number of nitrogens with zero attached hydrogens (tertiary/aromatic N) is 1. The Morgan fingerprint density at radius 2 is 2.17 bits per heavy atom. The average molecular weight is 328 g/mol. The molecule has 3 rings (SSSR count). The molecule has 1 saturated heterocycles. The Hall–Kier alpha value is -2.60. The zero-order valence-electron chi connectivity index (χ0n) is 13.3. The summed E-state index contributed by atoms with van der Waals surface area (Å²) in [5, 5.41) is 2.82. The van der Waals surface area contributed by atoms with Gasteiger partial charge in [-0.25, -0.2) is 4.98 Å².